The largest absolute Gasteiger partial charge is 0.497 e. The lowest BCUT2D eigenvalue weighted by molar-refractivity contribution is -0.136. The average Bonchev–Trinajstić information content (AvgIpc) is 3.06. The summed E-state index contributed by atoms with van der Waals surface area (Å²) < 4.78 is 10.0. The monoisotopic (exact) mass is 393 g/mol. The van der Waals surface area contributed by atoms with Gasteiger partial charge in [-0.3, -0.25) is 4.79 Å². The summed E-state index contributed by atoms with van der Waals surface area (Å²) in [6.45, 7) is 1.58. The van der Waals surface area contributed by atoms with E-state index in [9.17, 15) is 9.59 Å². The van der Waals surface area contributed by atoms with Gasteiger partial charge in [0.1, 0.15) is 5.75 Å². The van der Waals surface area contributed by atoms with Crippen LogP contribution >= 0.6 is 0 Å². The fourth-order valence-corrected chi connectivity index (χ4v) is 4.66. The maximum atomic E-state index is 13.3. The molecule has 1 saturated heterocycles. The molecule has 1 unspecified atom stereocenters. The molecule has 0 N–H and O–H groups in total. The van der Waals surface area contributed by atoms with Crippen LogP contribution in [0.3, 0.4) is 0 Å². The van der Waals surface area contributed by atoms with E-state index in [1.807, 2.05) is 35.2 Å². The summed E-state index contributed by atoms with van der Waals surface area (Å²) in [6, 6.07) is 13.8. The molecule has 0 aromatic heterocycles. The summed E-state index contributed by atoms with van der Waals surface area (Å²) >= 11 is 0. The molecule has 0 bridgehead atoms. The molecule has 1 amide bonds. The molecule has 152 valence electrons. The van der Waals surface area contributed by atoms with Gasteiger partial charge in [-0.25, -0.2) is 4.79 Å². The number of benzene rings is 2. The Balaban J connectivity index is 1.42. The first-order chi connectivity index (χ1) is 14.0. The van der Waals surface area contributed by atoms with Crippen LogP contribution in [0.5, 0.6) is 5.75 Å². The second-order valence-corrected chi connectivity index (χ2v) is 8.07. The lowest BCUT2D eigenvalue weighted by Crippen LogP contribution is -2.39. The number of fused-ring (bicyclic) bond motifs is 1. The molecular formula is C24H27NO4. The molecule has 1 atom stereocenters. The van der Waals surface area contributed by atoms with Crippen molar-refractivity contribution in [1.29, 1.82) is 0 Å². The van der Waals surface area contributed by atoms with E-state index < -0.39 is 0 Å². The van der Waals surface area contributed by atoms with Crippen LogP contribution in [0.25, 0.3) is 0 Å². The highest BCUT2D eigenvalue weighted by molar-refractivity contribution is 5.90. The van der Waals surface area contributed by atoms with E-state index in [0.717, 1.165) is 50.9 Å². The van der Waals surface area contributed by atoms with Crippen molar-refractivity contribution in [2.45, 2.75) is 32.1 Å². The van der Waals surface area contributed by atoms with E-state index in [1.165, 1.54) is 23.8 Å². The van der Waals surface area contributed by atoms with Gasteiger partial charge in [0.15, 0.2) is 0 Å². The zero-order valence-corrected chi connectivity index (χ0v) is 17.1. The Morgan fingerprint density at radius 2 is 1.86 bits per heavy atom. The lowest BCUT2D eigenvalue weighted by atomic mass is 9.70. The van der Waals surface area contributed by atoms with Crippen molar-refractivity contribution < 1.29 is 19.1 Å². The fourth-order valence-electron chi connectivity index (χ4n) is 4.66. The molecule has 5 nitrogen and oxygen atoms in total. The van der Waals surface area contributed by atoms with Gasteiger partial charge in [0.05, 0.1) is 25.2 Å². The van der Waals surface area contributed by atoms with Crippen molar-refractivity contribution in [3.8, 4) is 5.75 Å². The summed E-state index contributed by atoms with van der Waals surface area (Å²) in [7, 11) is 3.06. The molecule has 2 aromatic rings. The fraction of sp³-hybridized carbons (Fsp3) is 0.417. The Labute approximate surface area is 171 Å². The molecule has 2 aliphatic rings. The number of amides is 1. The Bertz CT molecular complexity index is 921. The molecule has 29 heavy (non-hydrogen) atoms. The quantitative estimate of drug-likeness (QED) is 0.731. The number of likely N-dealkylation sites (tertiary alicyclic amines) is 1. The highest BCUT2D eigenvalue weighted by atomic mass is 16.5. The third-order valence-electron chi connectivity index (χ3n) is 6.46. The van der Waals surface area contributed by atoms with Crippen LogP contribution in [0.1, 0.15) is 39.9 Å². The van der Waals surface area contributed by atoms with Gasteiger partial charge in [0.25, 0.3) is 0 Å². The van der Waals surface area contributed by atoms with Crippen molar-refractivity contribution >= 4 is 11.9 Å². The van der Waals surface area contributed by atoms with Crippen LogP contribution in [-0.2, 0) is 28.8 Å². The van der Waals surface area contributed by atoms with Gasteiger partial charge in [-0.15, -0.1) is 0 Å². The normalized spacial score (nSPS) is 20.6. The maximum Gasteiger partial charge on any atom is 0.337 e. The average molecular weight is 393 g/mol. The van der Waals surface area contributed by atoms with Crippen LogP contribution < -0.4 is 4.74 Å². The minimum absolute atomic E-state index is 0.278. The summed E-state index contributed by atoms with van der Waals surface area (Å²) in [5.74, 6) is 0.824. The van der Waals surface area contributed by atoms with Gasteiger partial charge in [-0.05, 0) is 73.1 Å². The molecule has 5 heteroatoms. The number of rotatable bonds is 5. The first kappa shape index (κ1) is 19.5. The van der Waals surface area contributed by atoms with Crippen molar-refractivity contribution in [3.05, 3.63) is 64.7 Å². The number of hydrogen-bond donors (Lipinski definition) is 0. The molecule has 0 radical (unpaired) electrons. The van der Waals surface area contributed by atoms with Crippen molar-refractivity contribution in [2.24, 2.45) is 5.41 Å². The van der Waals surface area contributed by atoms with Gasteiger partial charge >= 0.3 is 5.97 Å². The summed E-state index contributed by atoms with van der Waals surface area (Å²) in [5, 5.41) is 0. The van der Waals surface area contributed by atoms with E-state index in [4.69, 9.17) is 9.47 Å². The Kier molecular flexibility index (Phi) is 5.31. The molecule has 2 aromatic carbocycles. The molecule has 1 heterocycles. The SMILES string of the molecule is COC(=O)c1ccc2c(c1)CCC1(CCN(CCc3ccc(OC)cc3)C1=O)C2. The number of carbonyl (C=O) groups excluding carboxylic acids is 2. The number of nitrogens with zero attached hydrogens (tertiary/aromatic N) is 1. The first-order valence-electron chi connectivity index (χ1n) is 10.2. The summed E-state index contributed by atoms with van der Waals surface area (Å²) in [6.07, 6.45) is 4.21. The molecule has 1 spiro atoms. The van der Waals surface area contributed by atoms with Crippen molar-refractivity contribution in [1.82, 2.24) is 4.90 Å². The number of carbonyl (C=O) groups is 2. The summed E-state index contributed by atoms with van der Waals surface area (Å²) in [5.41, 5.74) is 3.88. The van der Waals surface area contributed by atoms with Gasteiger partial charge in [-0.2, -0.15) is 0 Å². The van der Waals surface area contributed by atoms with Gasteiger partial charge in [0, 0.05) is 13.1 Å². The minimum Gasteiger partial charge on any atom is -0.497 e. The zero-order valence-electron chi connectivity index (χ0n) is 17.1. The molecule has 1 aliphatic carbocycles. The van der Waals surface area contributed by atoms with E-state index in [2.05, 4.69) is 12.1 Å². The van der Waals surface area contributed by atoms with Gasteiger partial charge in [0.2, 0.25) is 5.91 Å². The van der Waals surface area contributed by atoms with E-state index in [0.29, 0.717) is 5.56 Å². The zero-order chi connectivity index (χ0) is 20.4. The van der Waals surface area contributed by atoms with Gasteiger partial charge in [-0.1, -0.05) is 18.2 Å². The van der Waals surface area contributed by atoms with E-state index >= 15 is 0 Å². The number of esters is 1. The third kappa shape index (κ3) is 3.74. The smallest absolute Gasteiger partial charge is 0.337 e. The standard InChI is InChI=1S/C24H27NO4/c1-28-21-7-3-17(4-8-21)10-13-25-14-12-24(23(25)27)11-9-18-15-19(22(26)29-2)5-6-20(18)16-24/h3-8,15H,9-14,16H2,1-2H3. The van der Waals surface area contributed by atoms with Crippen molar-refractivity contribution in [3.63, 3.8) is 0 Å². The predicted octanol–water partition coefficient (Wildman–Crippen LogP) is 3.43. The molecule has 4 rings (SSSR count). The third-order valence-corrected chi connectivity index (χ3v) is 6.46. The van der Waals surface area contributed by atoms with Crippen molar-refractivity contribution in [2.75, 3.05) is 27.3 Å². The highest BCUT2D eigenvalue weighted by Crippen LogP contribution is 2.44. The molecule has 1 aliphatic heterocycles. The number of methoxy groups -OCH3 is 2. The highest BCUT2D eigenvalue weighted by Gasteiger charge is 2.47. The summed E-state index contributed by atoms with van der Waals surface area (Å²) in [4.78, 5) is 27.1. The Morgan fingerprint density at radius 1 is 1.07 bits per heavy atom. The molecule has 1 fully saturated rings. The lowest BCUT2D eigenvalue weighted by Gasteiger charge is -2.33. The maximum absolute atomic E-state index is 13.3. The predicted molar refractivity (Wildman–Crippen MR) is 110 cm³/mol. The Morgan fingerprint density at radius 3 is 2.59 bits per heavy atom. The minimum atomic E-state index is -0.310. The second-order valence-electron chi connectivity index (χ2n) is 8.07. The van der Waals surface area contributed by atoms with Gasteiger partial charge < -0.3 is 14.4 Å². The van der Waals surface area contributed by atoms with Crippen LogP contribution in [-0.4, -0.2) is 44.1 Å². The van der Waals surface area contributed by atoms with Crippen LogP contribution in [0.4, 0.5) is 0 Å². The number of aryl methyl sites for hydroxylation is 1. The van der Waals surface area contributed by atoms with E-state index in [1.54, 1.807) is 7.11 Å². The number of ether oxygens (including phenoxy) is 2. The Hall–Kier alpha value is -2.82. The first-order valence-corrected chi connectivity index (χ1v) is 10.2. The molecular weight excluding hydrogens is 366 g/mol. The second kappa shape index (κ2) is 7.90. The molecule has 0 saturated carbocycles. The topological polar surface area (TPSA) is 55.8 Å². The van der Waals surface area contributed by atoms with Crippen LogP contribution in [0.2, 0.25) is 0 Å². The number of hydrogen-bond acceptors (Lipinski definition) is 4. The van der Waals surface area contributed by atoms with E-state index in [-0.39, 0.29) is 17.3 Å². The van der Waals surface area contributed by atoms with Crippen LogP contribution in [0, 0.1) is 5.41 Å². The van der Waals surface area contributed by atoms with Crippen LogP contribution in [0.15, 0.2) is 42.5 Å².